The van der Waals surface area contributed by atoms with Crippen molar-refractivity contribution in [2.24, 2.45) is 0 Å². The summed E-state index contributed by atoms with van der Waals surface area (Å²) in [5, 5.41) is 39.6. The third-order valence-corrected chi connectivity index (χ3v) is 5.42. The largest absolute Gasteiger partial charge is 0.496 e. The number of methoxy groups -OCH3 is 2. The summed E-state index contributed by atoms with van der Waals surface area (Å²) < 4.78 is 27.6. The predicted molar refractivity (Wildman–Crippen MR) is 116 cm³/mol. The number of carboxylic acid groups (broad SMARTS) is 1. The molecule has 2 aromatic carbocycles. The normalized spacial score (nSPS) is 24.6. The molecule has 0 amide bonds. The van der Waals surface area contributed by atoms with Crippen molar-refractivity contribution >= 4 is 16.9 Å². The molecule has 34 heavy (non-hydrogen) atoms. The van der Waals surface area contributed by atoms with Crippen LogP contribution in [0.1, 0.15) is 0 Å². The van der Waals surface area contributed by atoms with Gasteiger partial charge in [-0.2, -0.15) is 0 Å². The van der Waals surface area contributed by atoms with Crippen molar-refractivity contribution in [2.45, 2.75) is 30.7 Å². The maximum Gasteiger partial charge on any atom is 0.335 e. The molecule has 1 aliphatic heterocycles. The van der Waals surface area contributed by atoms with Crippen molar-refractivity contribution in [2.75, 3.05) is 14.2 Å². The van der Waals surface area contributed by atoms with E-state index in [9.17, 15) is 30.0 Å². The number of hydrogen-bond acceptors (Lipinski definition) is 10. The molecule has 3 aromatic rings. The summed E-state index contributed by atoms with van der Waals surface area (Å²) in [5.41, 5.74) is 0.186. The van der Waals surface area contributed by atoms with E-state index in [2.05, 4.69) is 0 Å². The van der Waals surface area contributed by atoms with E-state index >= 15 is 0 Å². The van der Waals surface area contributed by atoms with Crippen LogP contribution in [0, 0.1) is 0 Å². The van der Waals surface area contributed by atoms with E-state index in [1.54, 1.807) is 24.3 Å². The molecule has 180 valence electrons. The third-order valence-electron chi connectivity index (χ3n) is 5.42. The lowest BCUT2D eigenvalue weighted by molar-refractivity contribution is -0.271. The van der Waals surface area contributed by atoms with Crippen LogP contribution in [0.4, 0.5) is 0 Å². The van der Waals surface area contributed by atoms with Crippen LogP contribution < -0.4 is 19.6 Å². The molecule has 0 saturated carbocycles. The number of aliphatic hydroxyl groups excluding tert-OH is 3. The fraction of sp³-hybridized carbons (Fsp3) is 0.304. The molecule has 0 radical (unpaired) electrons. The first-order valence-electron chi connectivity index (χ1n) is 10.1. The maximum atomic E-state index is 12.9. The van der Waals surface area contributed by atoms with E-state index < -0.39 is 42.1 Å². The van der Waals surface area contributed by atoms with Crippen LogP contribution in [0.25, 0.3) is 22.3 Å². The van der Waals surface area contributed by atoms with Crippen LogP contribution in [0.3, 0.4) is 0 Å². The minimum Gasteiger partial charge on any atom is -0.496 e. The fourth-order valence-electron chi connectivity index (χ4n) is 3.72. The number of aliphatic carboxylic acids is 1. The Morgan fingerprint density at radius 2 is 1.65 bits per heavy atom. The van der Waals surface area contributed by atoms with E-state index in [-0.39, 0.29) is 34.0 Å². The van der Waals surface area contributed by atoms with Gasteiger partial charge in [0.2, 0.25) is 12.0 Å². The molecule has 1 aliphatic rings. The van der Waals surface area contributed by atoms with Crippen LogP contribution in [-0.4, -0.2) is 71.3 Å². The summed E-state index contributed by atoms with van der Waals surface area (Å²) in [6, 6.07) is 11.4. The Labute approximate surface area is 192 Å². The van der Waals surface area contributed by atoms with Gasteiger partial charge in [0.1, 0.15) is 35.2 Å². The Bertz CT molecular complexity index is 1250. The molecule has 1 fully saturated rings. The number of aliphatic hydroxyl groups is 3. The fourth-order valence-corrected chi connectivity index (χ4v) is 3.72. The van der Waals surface area contributed by atoms with Gasteiger partial charge in [-0.25, -0.2) is 4.79 Å². The summed E-state index contributed by atoms with van der Waals surface area (Å²) >= 11 is 0. The van der Waals surface area contributed by atoms with Crippen molar-refractivity contribution in [3.8, 4) is 28.6 Å². The van der Waals surface area contributed by atoms with Gasteiger partial charge >= 0.3 is 5.97 Å². The second-order valence-electron chi connectivity index (χ2n) is 7.51. The molecule has 4 rings (SSSR count). The lowest BCUT2D eigenvalue weighted by Gasteiger charge is -2.38. The first kappa shape index (κ1) is 23.5. The average Bonchev–Trinajstić information content (AvgIpc) is 2.83. The summed E-state index contributed by atoms with van der Waals surface area (Å²) in [7, 11) is 2.61. The number of fused-ring (bicyclic) bond motifs is 1. The Morgan fingerprint density at radius 1 is 0.941 bits per heavy atom. The second kappa shape index (κ2) is 9.31. The van der Waals surface area contributed by atoms with Gasteiger partial charge in [-0.1, -0.05) is 30.3 Å². The third kappa shape index (κ3) is 4.05. The van der Waals surface area contributed by atoms with Crippen molar-refractivity contribution in [3.05, 3.63) is 52.7 Å². The van der Waals surface area contributed by atoms with Crippen LogP contribution in [0.15, 0.2) is 51.7 Å². The Morgan fingerprint density at radius 3 is 2.26 bits per heavy atom. The summed E-state index contributed by atoms with van der Waals surface area (Å²) in [6.07, 6.45) is -9.12. The van der Waals surface area contributed by atoms with E-state index in [1.807, 2.05) is 6.07 Å². The lowest BCUT2D eigenvalue weighted by Crippen LogP contribution is -2.61. The number of carbonyl (C=O) groups is 1. The molecule has 0 unspecified atom stereocenters. The molecular formula is C23H22O11. The zero-order valence-electron chi connectivity index (χ0n) is 18.1. The molecule has 11 nitrogen and oxygen atoms in total. The van der Waals surface area contributed by atoms with Gasteiger partial charge in [-0.3, -0.25) is 4.79 Å². The highest BCUT2D eigenvalue weighted by molar-refractivity contribution is 5.92. The highest BCUT2D eigenvalue weighted by Gasteiger charge is 2.48. The molecule has 0 aliphatic carbocycles. The second-order valence-corrected chi connectivity index (χ2v) is 7.51. The van der Waals surface area contributed by atoms with Crippen LogP contribution in [0.2, 0.25) is 0 Å². The molecule has 1 aromatic heterocycles. The Kier molecular flexibility index (Phi) is 6.44. The molecule has 0 bridgehead atoms. The van der Waals surface area contributed by atoms with Crippen LogP contribution in [0.5, 0.6) is 17.2 Å². The lowest BCUT2D eigenvalue weighted by atomic mass is 9.99. The molecule has 0 spiro atoms. The summed E-state index contributed by atoms with van der Waals surface area (Å²) in [5.74, 6) is -1.45. The van der Waals surface area contributed by atoms with Crippen LogP contribution >= 0.6 is 0 Å². The predicted octanol–water partition coefficient (Wildman–Crippen LogP) is 0.748. The van der Waals surface area contributed by atoms with Gasteiger partial charge in [0.15, 0.2) is 22.9 Å². The molecule has 4 N–H and O–H groups in total. The highest BCUT2D eigenvalue weighted by atomic mass is 16.7. The Hall–Kier alpha value is -3.64. The first-order chi connectivity index (χ1) is 16.3. The van der Waals surface area contributed by atoms with E-state index in [1.165, 1.54) is 26.4 Å². The van der Waals surface area contributed by atoms with Crippen molar-refractivity contribution in [1.82, 2.24) is 0 Å². The van der Waals surface area contributed by atoms with E-state index in [0.29, 0.717) is 5.56 Å². The molecule has 5 atom stereocenters. The number of benzene rings is 2. The van der Waals surface area contributed by atoms with Gasteiger partial charge in [-0.05, 0) is 0 Å². The quantitative estimate of drug-likeness (QED) is 0.398. The van der Waals surface area contributed by atoms with Gasteiger partial charge in [-0.15, -0.1) is 0 Å². The molecular weight excluding hydrogens is 452 g/mol. The van der Waals surface area contributed by atoms with E-state index in [0.717, 1.165) is 0 Å². The molecule has 11 heteroatoms. The van der Waals surface area contributed by atoms with Gasteiger partial charge in [0, 0.05) is 17.7 Å². The van der Waals surface area contributed by atoms with Gasteiger partial charge < -0.3 is 43.8 Å². The Balaban J connectivity index is 1.84. The van der Waals surface area contributed by atoms with E-state index in [4.69, 9.17) is 23.4 Å². The number of rotatable bonds is 6. The average molecular weight is 474 g/mol. The summed E-state index contributed by atoms with van der Waals surface area (Å²) in [4.78, 5) is 24.3. The molecule has 2 heterocycles. The van der Waals surface area contributed by atoms with Gasteiger partial charge in [0.25, 0.3) is 0 Å². The van der Waals surface area contributed by atoms with Gasteiger partial charge in [0.05, 0.1) is 14.2 Å². The molecule has 1 saturated heterocycles. The summed E-state index contributed by atoms with van der Waals surface area (Å²) in [6.45, 7) is 0. The minimum atomic E-state index is -1.88. The standard InChI is InChI=1S/C23H22O11/c1-30-13-9-14(33-23-18(27)16(25)17(26)21(34-23)22(28)29)19(31-2)20-15(13)11(24)8-12(32-20)10-6-4-3-5-7-10/h3-9,16-18,21,23,25-27H,1-2H3,(H,28,29)/t16-,17-,18-,21-,23+/m0/s1. The number of ether oxygens (including phenoxy) is 4. The number of carboxylic acids is 1. The van der Waals surface area contributed by atoms with Crippen molar-refractivity contribution < 1.29 is 48.6 Å². The smallest absolute Gasteiger partial charge is 0.335 e. The number of hydrogen-bond donors (Lipinski definition) is 4. The van der Waals surface area contributed by atoms with Crippen molar-refractivity contribution in [3.63, 3.8) is 0 Å². The monoisotopic (exact) mass is 474 g/mol. The van der Waals surface area contributed by atoms with Crippen LogP contribution in [-0.2, 0) is 9.53 Å². The zero-order chi connectivity index (χ0) is 24.6. The van der Waals surface area contributed by atoms with Crippen molar-refractivity contribution in [1.29, 1.82) is 0 Å². The minimum absolute atomic E-state index is 0.0242. The SMILES string of the molecule is COc1c(O[C@@H]2O[C@H](C(=O)O)[C@@H](O)[C@H](O)[C@@H]2O)cc(OC)c2c(=O)cc(-c3ccccc3)oc12. The maximum absolute atomic E-state index is 12.9. The highest BCUT2D eigenvalue weighted by Crippen LogP contribution is 2.42. The first-order valence-corrected chi connectivity index (χ1v) is 10.1. The topological polar surface area (TPSA) is 165 Å². The zero-order valence-corrected chi connectivity index (χ0v) is 18.1.